The number of hydrogen-bond donors (Lipinski definition) is 3. The number of halogens is 1. The van der Waals surface area contributed by atoms with Crippen LogP contribution in [-0.4, -0.2) is 49.5 Å². The van der Waals surface area contributed by atoms with Crippen LogP contribution in [0.3, 0.4) is 0 Å². The third-order valence-corrected chi connectivity index (χ3v) is 2.85. The molecule has 1 rings (SSSR count). The number of hydrogen-bond acceptors (Lipinski definition) is 3. The van der Waals surface area contributed by atoms with Gasteiger partial charge in [0, 0.05) is 13.1 Å². The van der Waals surface area contributed by atoms with Crippen molar-refractivity contribution in [2.45, 2.75) is 25.7 Å². The van der Waals surface area contributed by atoms with Gasteiger partial charge in [-0.2, -0.15) is 0 Å². The van der Waals surface area contributed by atoms with Crippen LogP contribution in [0.25, 0.3) is 0 Å². The lowest BCUT2D eigenvalue weighted by Crippen LogP contribution is -2.36. The second kappa shape index (κ2) is 10.4. The molecule has 0 aromatic carbocycles. The summed E-state index contributed by atoms with van der Waals surface area (Å²) in [5.74, 6) is -0.180. The number of likely N-dealkylation sites (tertiary alicyclic amines) is 1. The van der Waals surface area contributed by atoms with Gasteiger partial charge >= 0.3 is 0 Å². The number of carbonyl (C=O) groups is 1. The molecule has 18 heavy (non-hydrogen) atoms. The zero-order valence-electron chi connectivity index (χ0n) is 10.7. The fourth-order valence-corrected chi connectivity index (χ4v) is 1.93. The summed E-state index contributed by atoms with van der Waals surface area (Å²) in [5.41, 5.74) is 10.3. The Balaban J connectivity index is 0.00000289. The van der Waals surface area contributed by atoms with E-state index in [0.717, 1.165) is 19.6 Å². The molecule has 1 fully saturated rings. The number of rotatable bonds is 5. The highest BCUT2D eigenvalue weighted by molar-refractivity contribution is 14.0. The van der Waals surface area contributed by atoms with Gasteiger partial charge in [0.1, 0.15) is 6.54 Å². The predicted octanol–water partition coefficient (Wildman–Crippen LogP) is -0.130. The normalized spacial score (nSPS) is 16.2. The Bertz CT molecular complexity index is 260. The number of aliphatic imine (C=N–C) groups is 1. The van der Waals surface area contributed by atoms with Crippen molar-refractivity contribution in [2.24, 2.45) is 16.5 Å². The van der Waals surface area contributed by atoms with Crippen molar-refractivity contribution in [1.29, 1.82) is 0 Å². The Hall–Kier alpha value is -0.570. The van der Waals surface area contributed by atoms with Gasteiger partial charge in [-0.05, 0) is 25.9 Å². The van der Waals surface area contributed by atoms with Crippen molar-refractivity contribution in [1.82, 2.24) is 10.2 Å². The fraction of sp³-hybridized carbons (Fsp3) is 0.818. The number of nitrogens with one attached hydrogen (secondary N) is 1. The summed E-state index contributed by atoms with van der Waals surface area (Å²) in [6.45, 7) is 3.88. The summed E-state index contributed by atoms with van der Waals surface area (Å²) < 4.78 is 0. The molecule has 0 aliphatic carbocycles. The van der Waals surface area contributed by atoms with Gasteiger partial charge in [-0.25, -0.2) is 4.99 Å². The second-order valence-corrected chi connectivity index (χ2v) is 4.35. The number of carbonyl (C=O) groups excluding carboxylic acids is 1. The van der Waals surface area contributed by atoms with Crippen LogP contribution in [0.1, 0.15) is 25.7 Å². The molecule has 0 aromatic heterocycles. The first-order chi connectivity index (χ1) is 8.18. The zero-order chi connectivity index (χ0) is 12.5. The molecular weight excluding hydrogens is 345 g/mol. The Morgan fingerprint density at radius 1 is 1.17 bits per heavy atom. The molecule has 0 unspecified atom stereocenters. The lowest BCUT2D eigenvalue weighted by molar-refractivity contribution is -0.119. The van der Waals surface area contributed by atoms with E-state index >= 15 is 0 Å². The van der Waals surface area contributed by atoms with Crippen LogP contribution in [-0.2, 0) is 4.79 Å². The zero-order valence-corrected chi connectivity index (χ0v) is 13.1. The van der Waals surface area contributed by atoms with Crippen molar-refractivity contribution in [3.05, 3.63) is 0 Å². The summed E-state index contributed by atoms with van der Waals surface area (Å²) in [5, 5.41) is 2.81. The molecule has 0 bridgehead atoms. The lowest BCUT2D eigenvalue weighted by Gasteiger charge is -2.19. The van der Waals surface area contributed by atoms with E-state index in [2.05, 4.69) is 15.2 Å². The van der Waals surface area contributed by atoms with E-state index in [0.29, 0.717) is 6.54 Å². The molecular formula is C11H24IN5O. The van der Waals surface area contributed by atoms with Crippen LogP contribution >= 0.6 is 24.0 Å². The second-order valence-electron chi connectivity index (χ2n) is 4.35. The summed E-state index contributed by atoms with van der Waals surface area (Å²) >= 11 is 0. The first kappa shape index (κ1) is 17.4. The first-order valence-corrected chi connectivity index (χ1v) is 6.23. The van der Waals surface area contributed by atoms with E-state index in [-0.39, 0.29) is 42.4 Å². The number of nitrogens with two attached hydrogens (primary N) is 2. The third kappa shape index (κ3) is 8.51. The molecule has 0 radical (unpaired) electrons. The van der Waals surface area contributed by atoms with Gasteiger partial charge in [-0.3, -0.25) is 4.79 Å². The summed E-state index contributed by atoms with van der Waals surface area (Å²) in [7, 11) is 0. The molecule has 0 saturated carbocycles. The van der Waals surface area contributed by atoms with Gasteiger partial charge in [-0.15, -0.1) is 24.0 Å². The van der Waals surface area contributed by atoms with Gasteiger partial charge in [0.25, 0.3) is 0 Å². The largest absolute Gasteiger partial charge is 0.370 e. The minimum absolute atomic E-state index is 0. The Morgan fingerprint density at radius 2 is 1.78 bits per heavy atom. The number of nitrogens with zero attached hydrogens (tertiary/aromatic N) is 2. The average Bonchev–Trinajstić information content (AvgIpc) is 2.55. The standard InChI is InChI=1S/C11H23N5O.HI/c12-11(13)15-9-10(17)14-5-8-16-6-3-1-2-4-7-16;/h1-9H2,(H,14,17)(H4,12,13,15);1H. The maximum absolute atomic E-state index is 11.3. The van der Waals surface area contributed by atoms with Crippen LogP contribution in [0, 0.1) is 0 Å². The van der Waals surface area contributed by atoms with Crippen LogP contribution in [0.15, 0.2) is 4.99 Å². The summed E-state index contributed by atoms with van der Waals surface area (Å²) in [6.07, 6.45) is 5.19. The summed E-state index contributed by atoms with van der Waals surface area (Å²) in [6, 6.07) is 0. The van der Waals surface area contributed by atoms with Crippen molar-refractivity contribution in [2.75, 3.05) is 32.7 Å². The van der Waals surface area contributed by atoms with Crippen molar-refractivity contribution >= 4 is 35.8 Å². The van der Waals surface area contributed by atoms with E-state index in [1.54, 1.807) is 0 Å². The average molecular weight is 369 g/mol. The first-order valence-electron chi connectivity index (χ1n) is 6.23. The summed E-state index contributed by atoms with van der Waals surface area (Å²) in [4.78, 5) is 17.4. The maximum Gasteiger partial charge on any atom is 0.241 e. The van der Waals surface area contributed by atoms with E-state index in [9.17, 15) is 4.79 Å². The quantitative estimate of drug-likeness (QED) is 0.357. The van der Waals surface area contributed by atoms with E-state index in [4.69, 9.17) is 11.5 Å². The Kier molecular flexibility index (Phi) is 10.0. The molecule has 1 saturated heterocycles. The minimum Gasteiger partial charge on any atom is -0.370 e. The monoisotopic (exact) mass is 369 g/mol. The highest BCUT2D eigenvalue weighted by atomic mass is 127. The maximum atomic E-state index is 11.3. The highest BCUT2D eigenvalue weighted by Crippen LogP contribution is 2.08. The molecule has 0 aromatic rings. The molecule has 1 heterocycles. The van der Waals surface area contributed by atoms with Crippen LogP contribution in [0.5, 0.6) is 0 Å². The van der Waals surface area contributed by atoms with Crippen LogP contribution in [0.2, 0.25) is 0 Å². The third-order valence-electron chi connectivity index (χ3n) is 2.85. The van der Waals surface area contributed by atoms with E-state index < -0.39 is 0 Å². The fourth-order valence-electron chi connectivity index (χ4n) is 1.93. The molecule has 1 amide bonds. The minimum atomic E-state index is -0.131. The molecule has 0 atom stereocenters. The Morgan fingerprint density at radius 3 is 2.33 bits per heavy atom. The van der Waals surface area contributed by atoms with Crippen molar-refractivity contribution < 1.29 is 4.79 Å². The molecule has 1 aliphatic rings. The molecule has 106 valence electrons. The van der Waals surface area contributed by atoms with Gasteiger partial charge in [-0.1, -0.05) is 12.8 Å². The lowest BCUT2D eigenvalue weighted by atomic mass is 10.2. The molecule has 7 heteroatoms. The molecule has 5 N–H and O–H groups in total. The van der Waals surface area contributed by atoms with E-state index in [1.807, 2.05) is 0 Å². The molecule has 0 spiro atoms. The molecule has 1 aliphatic heterocycles. The van der Waals surface area contributed by atoms with Gasteiger partial charge in [0.05, 0.1) is 0 Å². The smallest absolute Gasteiger partial charge is 0.241 e. The highest BCUT2D eigenvalue weighted by Gasteiger charge is 2.08. The van der Waals surface area contributed by atoms with Crippen LogP contribution in [0.4, 0.5) is 0 Å². The SMILES string of the molecule is I.NC(N)=NCC(=O)NCCN1CCCCCC1. The molecule has 6 nitrogen and oxygen atoms in total. The predicted molar refractivity (Wildman–Crippen MR) is 84.0 cm³/mol. The number of guanidine groups is 1. The van der Waals surface area contributed by atoms with Crippen molar-refractivity contribution in [3.8, 4) is 0 Å². The number of amides is 1. The topological polar surface area (TPSA) is 96.7 Å². The van der Waals surface area contributed by atoms with Crippen molar-refractivity contribution in [3.63, 3.8) is 0 Å². The van der Waals surface area contributed by atoms with Gasteiger partial charge < -0.3 is 21.7 Å². The van der Waals surface area contributed by atoms with Gasteiger partial charge in [0.2, 0.25) is 5.91 Å². The van der Waals surface area contributed by atoms with Crippen LogP contribution < -0.4 is 16.8 Å². The Labute approximate surface area is 126 Å². The van der Waals surface area contributed by atoms with E-state index in [1.165, 1.54) is 25.7 Å². The van der Waals surface area contributed by atoms with Gasteiger partial charge in [0.15, 0.2) is 5.96 Å².